The second kappa shape index (κ2) is 4.93. The monoisotopic (exact) mass is 254 g/mol. The van der Waals surface area contributed by atoms with E-state index in [0.717, 1.165) is 22.6 Å². The van der Waals surface area contributed by atoms with Crippen molar-refractivity contribution in [1.82, 2.24) is 25.2 Å². The van der Waals surface area contributed by atoms with Crippen molar-refractivity contribution in [3.63, 3.8) is 0 Å². The van der Waals surface area contributed by atoms with Crippen LogP contribution in [0, 0.1) is 0 Å². The van der Waals surface area contributed by atoms with E-state index in [0.29, 0.717) is 6.54 Å². The molecule has 0 unspecified atom stereocenters. The first-order valence-electron chi connectivity index (χ1n) is 6.00. The van der Waals surface area contributed by atoms with Gasteiger partial charge in [0.2, 0.25) is 0 Å². The number of anilines is 1. The Balaban J connectivity index is 1.66. The summed E-state index contributed by atoms with van der Waals surface area (Å²) in [5.41, 5.74) is 4.09. The largest absolute Gasteiger partial charge is 0.379 e. The second-order valence-corrected chi connectivity index (χ2v) is 4.28. The molecule has 2 N–H and O–H groups in total. The molecule has 2 aromatic heterocycles. The number of hydrogen-bond acceptors (Lipinski definition) is 4. The second-order valence-electron chi connectivity index (χ2n) is 4.28. The topological polar surface area (TPSA) is 71.4 Å². The van der Waals surface area contributed by atoms with Crippen molar-refractivity contribution in [3.8, 4) is 11.3 Å². The van der Waals surface area contributed by atoms with Crippen LogP contribution in [0.2, 0.25) is 0 Å². The number of aromatic nitrogens is 5. The van der Waals surface area contributed by atoms with Crippen LogP contribution in [0.15, 0.2) is 42.7 Å². The molecular formula is C13H14N6. The molecule has 0 aliphatic heterocycles. The number of rotatable bonds is 4. The molecule has 0 saturated carbocycles. The minimum absolute atomic E-state index is 0.664. The molecular weight excluding hydrogens is 240 g/mol. The summed E-state index contributed by atoms with van der Waals surface area (Å²) in [5, 5.41) is 18.1. The highest BCUT2D eigenvalue weighted by Crippen LogP contribution is 2.19. The fourth-order valence-corrected chi connectivity index (χ4v) is 1.85. The van der Waals surface area contributed by atoms with E-state index in [4.69, 9.17) is 0 Å². The quantitative estimate of drug-likeness (QED) is 0.745. The smallest absolute Gasteiger partial charge is 0.102 e. The average molecular weight is 254 g/mol. The third-order valence-electron chi connectivity index (χ3n) is 2.82. The fraction of sp³-hybridized carbons (Fsp3) is 0.154. The normalized spacial score (nSPS) is 10.6. The number of nitrogens with one attached hydrogen (secondary N) is 2. The van der Waals surface area contributed by atoms with Crippen molar-refractivity contribution in [2.45, 2.75) is 6.54 Å². The zero-order chi connectivity index (χ0) is 13.1. The van der Waals surface area contributed by atoms with E-state index >= 15 is 0 Å². The number of aromatic amines is 1. The lowest BCUT2D eigenvalue weighted by atomic mass is 10.1. The van der Waals surface area contributed by atoms with E-state index in [1.165, 1.54) is 0 Å². The zero-order valence-electron chi connectivity index (χ0n) is 10.5. The van der Waals surface area contributed by atoms with Gasteiger partial charge in [-0.1, -0.05) is 17.3 Å². The van der Waals surface area contributed by atoms with E-state index in [-0.39, 0.29) is 0 Å². The highest BCUT2D eigenvalue weighted by Gasteiger charge is 2.00. The van der Waals surface area contributed by atoms with Gasteiger partial charge in [-0.15, -0.1) is 5.10 Å². The Morgan fingerprint density at radius 3 is 2.68 bits per heavy atom. The average Bonchev–Trinajstić information content (AvgIpc) is 3.08. The van der Waals surface area contributed by atoms with E-state index in [1.54, 1.807) is 10.9 Å². The maximum absolute atomic E-state index is 4.03. The van der Waals surface area contributed by atoms with Gasteiger partial charge in [0.05, 0.1) is 12.2 Å². The molecule has 0 fully saturated rings. The van der Waals surface area contributed by atoms with Crippen LogP contribution in [0.1, 0.15) is 5.69 Å². The van der Waals surface area contributed by atoms with Crippen molar-refractivity contribution in [1.29, 1.82) is 0 Å². The summed E-state index contributed by atoms with van der Waals surface area (Å²) in [6.45, 7) is 0.664. The van der Waals surface area contributed by atoms with Crippen molar-refractivity contribution in [2.75, 3.05) is 5.32 Å². The van der Waals surface area contributed by atoms with Gasteiger partial charge >= 0.3 is 0 Å². The molecule has 2 heterocycles. The lowest BCUT2D eigenvalue weighted by Crippen LogP contribution is -1.99. The maximum atomic E-state index is 4.03. The molecule has 0 spiro atoms. The van der Waals surface area contributed by atoms with E-state index in [1.807, 2.05) is 43.6 Å². The van der Waals surface area contributed by atoms with Gasteiger partial charge in [-0.25, -0.2) is 0 Å². The first kappa shape index (κ1) is 11.5. The Hall–Kier alpha value is -2.63. The SMILES string of the molecule is Cn1cc(CNc2ccc(-c3ccn[nH]3)cc2)nn1. The number of benzene rings is 1. The van der Waals surface area contributed by atoms with Crippen LogP contribution in [0.25, 0.3) is 11.3 Å². The number of H-pyrrole nitrogens is 1. The molecule has 0 amide bonds. The summed E-state index contributed by atoms with van der Waals surface area (Å²) in [7, 11) is 1.86. The van der Waals surface area contributed by atoms with E-state index in [2.05, 4.69) is 25.8 Å². The highest BCUT2D eigenvalue weighted by molar-refractivity contribution is 5.62. The van der Waals surface area contributed by atoms with Gasteiger partial charge in [0.15, 0.2) is 0 Å². The van der Waals surface area contributed by atoms with Crippen LogP contribution in [0.4, 0.5) is 5.69 Å². The first-order valence-corrected chi connectivity index (χ1v) is 6.00. The Kier molecular flexibility index (Phi) is 2.97. The standard InChI is InChI=1S/C13H14N6/c1-19-9-12(16-18-19)8-14-11-4-2-10(3-5-11)13-6-7-15-17-13/h2-7,9,14H,8H2,1H3,(H,15,17). The Bertz CT molecular complexity index is 638. The van der Waals surface area contributed by atoms with Gasteiger partial charge in [-0.2, -0.15) is 5.10 Å². The summed E-state index contributed by atoms with van der Waals surface area (Å²) in [6, 6.07) is 10.1. The molecule has 3 aromatic rings. The van der Waals surface area contributed by atoms with Crippen LogP contribution in [-0.4, -0.2) is 25.2 Å². The molecule has 0 aliphatic rings. The first-order chi connectivity index (χ1) is 9.31. The van der Waals surface area contributed by atoms with Gasteiger partial charge in [0, 0.05) is 25.1 Å². The minimum Gasteiger partial charge on any atom is -0.379 e. The van der Waals surface area contributed by atoms with E-state index < -0.39 is 0 Å². The predicted molar refractivity (Wildman–Crippen MR) is 72.4 cm³/mol. The molecule has 0 saturated heterocycles. The molecule has 1 aromatic carbocycles. The Morgan fingerprint density at radius 1 is 1.21 bits per heavy atom. The third-order valence-corrected chi connectivity index (χ3v) is 2.82. The van der Waals surface area contributed by atoms with Crippen molar-refractivity contribution in [2.24, 2.45) is 7.05 Å². The molecule has 0 atom stereocenters. The molecule has 0 bridgehead atoms. The summed E-state index contributed by atoms with van der Waals surface area (Å²) in [4.78, 5) is 0. The number of hydrogen-bond donors (Lipinski definition) is 2. The van der Waals surface area contributed by atoms with Crippen LogP contribution < -0.4 is 5.32 Å². The highest BCUT2D eigenvalue weighted by atomic mass is 15.4. The zero-order valence-corrected chi connectivity index (χ0v) is 10.5. The van der Waals surface area contributed by atoms with Crippen molar-refractivity contribution in [3.05, 3.63) is 48.4 Å². The van der Waals surface area contributed by atoms with Crippen molar-refractivity contribution >= 4 is 5.69 Å². The summed E-state index contributed by atoms with van der Waals surface area (Å²) >= 11 is 0. The molecule has 6 nitrogen and oxygen atoms in total. The summed E-state index contributed by atoms with van der Waals surface area (Å²) < 4.78 is 1.69. The van der Waals surface area contributed by atoms with E-state index in [9.17, 15) is 0 Å². The van der Waals surface area contributed by atoms with Crippen LogP contribution in [0.3, 0.4) is 0 Å². The minimum atomic E-state index is 0.664. The fourth-order valence-electron chi connectivity index (χ4n) is 1.85. The predicted octanol–water partition coefficient (Wildman–Crippen LogP) is 1.82. The van der Waals surface area contributed by atoms with Crippen LogP contribution >= 0.6 is 0 Å². The number of aryl methyl sites for hydroxylation is 1. The van der Waals surface area contributed by atoms with Crippen LogP contribution in [0.5, 0.6) is 0 Å². The van der Waals surface area contributed by atoms with Crippen LogP contribution in [-0.2, 0) is 13.6 Å². The lowest BCUT2D eigenvalue weighted by molar-refractivity contribution is 0.713. The molecule has 0 aliphatic carbocycles. The van der Waals surface area contributed by atoms with Gasteiger partial charge in [-0.05, 0) is 23.8 Å². The molecule has 96 valence electrons. The lowest BCUT2D eigenvalue weighted by Gasteiger charge is -2.05. The van der Waals surface area contributed by atoms with Gasteiger partial charge < -0.3 is 5.32 Å². The number of nitrogens with zero attached hydrogens (tertiary/aromatic N) is 4. The summed E-state index contributed by atoms with van der Waals surface area (Å²) in [5.74, 6) is 0. The van der Waals surface area contributed by atoms with Crippen molar-refractivity contribution < 1.29 is 0 Å². The summed E-state index contributed by atoms with van der Waals surface area (Å²) in [6.07, 6.45) is 3.64. The molecule has 0 radical (unpaired) electrons. The van der Waals surface area contributed by atoms with Gasteiger partial charge in [-0.3, -0.25) is 9.78 Å². The molecule has 6 heteroatoms. The molecule has 19 heavy (non-hydrogen) atoms. The maximum Gasteiger partial charge on any atom is 0.102 e. The van der Waals surface area contributed by atoms with Gasteiger partial charge in [0.25, 0.3) is 0 Å². The Labute approximate surface area is 110 Å². The van der Waals surface area contributed by atoms with Gasteiger partial charge in [0.1, 0.15) is 5.69 Å². The third kappa shape index (κ3) is 2.62. The Morgan fingerprint density at radius 2 is 2.05 bits per heavy atom. The molecule has 3 rings (SSSR count).